The number of hydrogen-bond acceptors (Lipinski definition) is 4. The van der Waals surface area contributed by atoms with Crippen LogP contribution in [0.2, 0.25) is 0 Å². The zero-order valence-corrected chi connectivity index (χ0v) is 11.1. The predicted molar refractivity (Wildman–Crippen MR) is 73.3 cm³/mol. The average Bonchev–Trinajstić information content (AvgIpc) is 2.35. The lowest BCUT2D eigenvalue weighted by Gasteiger charge is -2.30. The zero-order valence-electron chi connectivity index (χ0n) is 11.1. The monoisotopic (exact) mass is 251 g/mol. The normalized spacial score (nSPS) is 11.9. The van der Waals surface area contributed by atoms with Gasteiger partial charge in [-0.1, -0.05) is 16.8 Å². The van der Waals surface area contributed by atoms with Gasteiger partial charge in [-0.2, -0.15) is 0 Å². The third-order valence-electron chi connectivity index (χ3n) is 2.81. The van der Waals surface area contributed by atoms with E-state index in [0.717, 1.165) is 11.3 Å². The summed E-state index contributed by atoms with van der Waals surface area (Å²) in [5, 5.41) is 21.1. The van der Waals surface area contributed by atoms with Crippen molar-refractivity contribution in [1.82, 2.24) is 0 Å². The molecule has 0 spiro atoms. The molecule has 1 aromatic rings. The maximum Gasteiger partial charge on any atom is 0.172 e. The van der Waals surface area contributed by atoms with Crippen LogP contribution in [0.1, 0.15) is 25.0 Å². The van der Waals surface area contributed by atoms with Crippen molar-refractivity contribution in [3.05, 3.63) is 29.3 Å². The number of aliphatic hydroxyl groups excluding tert-OH is 1. The molecule has 1 aromatic carbocycles. The summed E-state index contributed by atoms with van der Waals surface area (Å²) < 4.78 is 0. The molecule has 0 saturated carbocycles. The molecule has 0 aliphatic rings. The van der Waals surface area contributed by atoms with Crippen molar-refractivity contribution in [2.24, 2.45) is 10.9 Å². The van der Waals surface area contributed by atoms with Gasteiger partial charge in [0.1, 0.15) is 0 Å². The molecule has 0 aliphatic carbocycles. The van der Waals surface area contributed by atoms with Crippen LogP contribution in [0.5, 0.6) is 0 Å². The third-order valence-corrected chi connectivity index (χ3v) is 2.81. The number of amidine groups is 1. The minimum Gasteiger partial charge on any atom is -0.409 e. The molecule has 4 N–H and O–H groups in total. The molecule has 0 unspecified atom stereocenters. The fourth-order valence-corrected chi connectivity index (χ4v) is 1.92. The molecular formula is C13H21N3O2. The summed E-state index contributed by atoms with van der Waals surface area (Å²) in [7, 11) is 0. The van der Waals surface area contributed by atoms with Crippen LogP contribution in [0.15, 0.2) is 23.4 Å². The van der Waals surface area contributed by atoms with Crippen molar-refractivity contribution in [2.75, 3.05) is 18.1 Å². The van der Waals surface area contributed by atoms with Gasteiger partial charge in [0.25, 0.3) is 0 Å². The van der Waals surface area contributed by atoms with Crippen LogP contribution in [0.3, 0.4) is 0 Å². The summed E-state index contributed by atoms with van der Waals surface area (Å²) >= 11 is 0. The van der Waals surface area contributed by atoms with Gasteiger partial charge in [0.15, 0.2) is 5.84 Å². The van der Waals surface area contributed by atoms with Crippen molar-refractivity contribution in [1.29, 1.82) is 0 Å². The second kappa shape index (κ2) is 6.26. The minimum absolute atomic E-state index is 0.0572. The van der Waals surface area contributed by atoms with Crippen molar-refractivity contribution in [3.8, 4) is 0 Å². The van der Waals surface area contributed by atoms with E-state index >= 15 is 0 Å². The standard InChI is InChI=1S/C13H21N3O2/c1-9(2)16(6-7-17)12-5-4-10(3)8-11(12)13(14)15-18/h4-5,8-9,17-18H,6-7H2,1-3H3,(H2,14,15). The Hall–Kier alpha value is -1.75. The summed E-state index contributed by atoms with van der Waals surface area (Å²) in [4.78, 5) is 2.02. The Balaban J connectivity index is 3.28. The molecule has 0 heterocycles. The van der Waals surface area contributed by atoms with Crippen LogP contribution in [0.4, 0.5) is 5.69 Å². The highest BCUT2D eigenvalue weighted by Crippen LogP contribution is 2.23. The number of nitrogens with zero attached hydrogens (tertiary/aromatic N) is 2. The van der Waals surface area contributed by atoms with E-state index in [0.29, 0.717) is 12.1 Å². The number of anilines is 1. The highest BCUT2D eigenvalue weighted by molar-refractivity contribution is 6.02. The number of benzene rings is 1. The van der Waals surface area contributed by atoms with E-state index in [1.54, 1.807) is 0 Å². The van der Waals surface area contributed by atoms with Gasteiger partial charge in [0.2, 0.25) is 0 Å². The van der Waals surface area contributed by atoms with Crippen LogP contribution >= 0.6 is 0 Å². The lowest BCUT2D eigenvalue weighted by atomic mass is 10.1. The fraction of sp³-hybridized carbons (Fsp3) is 0.462. The SMILES string of the molecule is Cc1ccc(N(CCO)C(C)C)c(/C(N)=N/O)c1. The molecule has 5 nitrogen and oxygen atoms in total. The lowest BCUT2D eigenvalue weighted by molar-refractivity contribution is 0.299. The van der Waals surface area contributed by atoms with Gasteiger partial charge in [-0.25, -0.2) is 0 Å². The van der Waals surface area contributed by atoms with Gasteiger partial charge in [-0.05, 0) is 32.9 Å². The molecule has 1 rings (SSSR count). The van der Waals surface area contributed by atoms with E-state index in [1.807, 2.05) is 43.9 Å². The Kier molecular flexibility index (Phi) is 4.97. The van der Waals surface area contributed by atoms with Gasteiger partial charge >= 0.3 is 0 Å². The molecule has 0 aliphatic heterocycles. The highest BCUT2D eigenvalue weighted by atomic mass is 16.4. The zero-order chi connectivity index (χ0) is 13.7. The first-order valence-electron chi connectivity index (χ1n) is 5.97. The molecular weight excluding hydrogens is 230 g/mol. The van der Waals surface area contributed by atoms with E-state index < -0.39 is 0 Å². The quantitative estimate of drug-likeness (QED) is 0.319. The van der Waals surface area contributed by atoms with Crippen molar-refractivity contribution in [3.63, 3.8) is 0 Å². The van der Waals surface area contributed by atoms with Crippen molar-refractivity contribution in [2.45, 2.75) is 26.8 Å². The molecule has 5 heteroatoms. The number of aliphatic hydroxyl groups is 1. The molecule has 0 atom stereocenters. The molecule has 0 bridgehead atoms. The van der Waals surface area contributed by atoms with Gasteiger partial charge in [0, 0.05) is 23.8 Å². The molecule has 0 radical (unpaired) electrons. The molecule has 100 valence electrons. The third kappa shape index (κ3) is 3.13. The summed E-state index contributed by atoms with van der Waals surface area (Å²) in [6.07, 6.45) is 0. The first kappa shape index (κ1) is 14.3. The Bertz CT molecular complexity index is 430. The number of nitrogens with two attached hydrogens (primary N) is 1. The van der Waals surface area contributed by atoms with Crippen molar-refractivity contribution < 1.29 is 10.3 Å². The van der Waals surface area contributed by atoms with Crippen LogP contribution < -0.4 is 10.6 Å². The summed E-state index contributed by atoms with van der Waals surface area (Å²) in [5.74, 6) is 0.0808. The Labute approximate surface area is 108 Å². The largest absolute Gasteiger partial charge is 0.409 e. The smallest absolute Gasteiger partial charge is 0.172 e. The van der Waals surface area contributed by atoms with Gasteiger partial charge in [0.05, 0.1) is 6.61 Å². The van der Waals surface area contributed by atoms with Gasteiger partial charge < -0.3 is 20.9 Å². The number of rotatable bonds is 5. The lowest BCUT2D eigenvalue weighted by Crippen LogP contribution is -2.35. The Morgan fingerprint density at radius 1 is 1.44 bits per heavy atom. The van der Waals surface area contributed by atoms with E-state index in [4.69, 9.17) is 16.0 Å². The number of hydrogen-bond donors (Lipinski definition) is 3. The molecule has 0 fully saturated rings. The first-order chi connectivity index (χ1) is 8.51. The second-order valence-corrected chi connectivity index (χ2v) is 4.52. The average molecular weight is 251 g/mol. The fourth-order valence-electron chi connectivity index (χ4n) is 1.92. The van der Waals surface area contributed by atoms with E-state index in [2.05, 4.69) is 5.16 Å². The molecule has 18 heavy (non-hydrogen) atoms. The Morgan fingerprint density at radius 3 is 2.61 bits per heavy atom. The van der Waals surface area contributed by atoms with Crippen LogP contribution in [0, 0.1) is 6.92 Å². The van der Waals surface area contributed by atoms with E-state index in [-0.39, 0.29) is 18.5 Å². The van der Waals surface area contributed by atoms with E-state index in [1.165, 1.54) is 0 Å². The molecule has 0 saturated heterocycles. The first-order valence-corrected chi connectivity index (χ1v) is 5.97. The summed E-state index contributed by atoms with van der Waals surface area (Å²) in [6.45, 7) is 6.58. The maximum atomic E-state index is 9.14. The van der Waals surface area contributed by atoms with Crippen LogP contribution in [-0.2, 0) is 0 Å². The number of aryl methyl sites for hydroxylation is 1. The molecule has 0 aromatic heterocycles. The second-order valence-electron chi connectivity index (χ2n) is 4.52. The van der Waals surface area contributed by atoms with Crippen molar-refractivity contribution >= 4 is 11.5 Å². The Morgan fingerprint density at radius 2 is 2.11 bits per heavy atom. The van der Waals surface area contributed by atoms with E-state index in [9.17, 15) is 0 Å². The van der Waals surface area contributed by atoms with Gasteiger partial charge in [-0.3, -0.25) is 0 Å². The predicted octanol–water partition coefficient (Wildman–Crippen LogP) is 1.30. The minimum atomic E-state index is 0.0572. The highest BCUT2D eigenvalue weighted by Gasteiger charge is 2.16. The molecule has 0 amide bonds. The van der Waals surface area contributed by atoms with Crippen LogP contribution in [-0.4, -0.2) is 35.3 Å². The van der Waals surface area contributed by atoms with Gasteiger partial charge in [-0.15, -0.1) is 0 Å². The summed E-state index contributed by atoms with van der Waals surface area (Å²) in [5.41, 5.74) is 8.29. The maximum absolute atomic E-state index is 9.14. The topological polar surface area (TPSA) is 82.1 Å². The van der Waals surface area contributed by atoms with Crippen LogP contribution in [0.25, 0.3) is 0 Å². The number of oxime groups is 1. The summed E-state index contributed by atoms with van der Waals surface area (Å²) in [6, 6.07) is 5.98.